The van der Waals surface area contributed by atoms with Gasteiger partial charge in [-0.1, -0.05) is 85.0 Å². The topological polar surface area (TPSA) is 85.6 Å². The van der Waals surface area contributed by atoms with Gasteiger partial charge in [-0.05, 0) is 19.1 Å². The van der Waals surface area contributed by atoms with E-state index in [0.29, 0.717) is 10.3 Å². The second kappa shape index (κ2) is 9.40. The number of hydrogen-bond donors (Lipinski definition) is 1. The molecular formula is C22H22N6OS2. The van der Waals surface area contributed by atoms with Crippen LogP contribution in [-0.4, -0.2) is 36.6 Å². The lowest BCUT2D eigenvalue weighted by atomic mass is 10.1. The van der Waals surface area contributed by atoms with Gasteiger partial charge in [0.1, 0.15) is 5.01 Å². The van der Waals surface area contributed by atoms with Crippen molar-refractivity contribution in [3.63, 3.8) is 0 Å². The van der Waals surface area contributed by atoms with E-state index in [9.17, 15) is 4.79 Å². The number of benzene rings is 2. The first-order valence-electron chi connectivity index (χ1n) is 9.85. The first-order chi connectivity index (χ1) is 15.0. The molecule has 9 heteroatoms. The molecule has 158 valence electrons. The Bertz CT molecular complexity index is 1170. The first-order valence-corrected chi connectivity index (χ1v) is 11.7. The summed E-state index contributed by atoms with van der Waals surface area (Å²) in [6.07, 6.45) is 0. The summed E-state index contributed by atoms with van der Waals surface area (Å²) in [5.74, 6) is 1.05. The van der Waals surface area contributed by atoms with Crippen LogP contribution in [0.4, 0.5) is 5.13 Å². The summed E-state index contributed by atoms with van der Waals surface area (Å²) in [4.78, 5) is 12.5. The molecule has 0 saturated heterocycles. The number of amides is 1. The maximum atomic E-state index is 12.5. The van der Waals surface area contributed by atoms with Crippen LogP contribution in [0.2, 0.25) is 0 Å². The summed E-state index contributed by atoms with van der Waals surface area (Å²) in [7, 11) is 0. The molecule has 1 amide bonds. The molecule has 0 aliphatic carbocycles. The normalized spacial score (nSPS) is 11.1. The predicted octanol–water partition coefficient (Wildman–Crippen LogP) is 4.95. The molecule has 0 radical (unpaired) electrons. The molecule has 31 heavy (non-hydrogen) atoms. The SMILES string of the molecule is Cc1ccc(-c2nnc(SCC(=O)Nc3nnc(C(C)C)s3)n2-c2ccccc2)cc1. The lowest BCUT2D eigenvalue weighted by Gasteiger charge is -2.10. The van der Waals surface area contributed by atoms with Crippen molar-refractivity contribution >= 4 is 34.1 Å². The van der Waals surface area contributed by atoms with E-state index in [1.165, 1.54) is 28.7 Å². The second-order valence-corrected chi connectivity index (χ2v) is 9.23. The summed E-state index contributed by atoms with van der Waals surface area (Å²) in [5.41, 5.74) is 3.09. The van der Waals surface area contributed by atoms with Crippen LogP contribution in [0, 0.1) is 6.92 Å². The van der Waals surface area contributed by atoms with E-state index in [-0.39, 0.29) is 17.6 Å². The highest BCUT2D eigenvalue weighted by Crippen LogP contribution is 2.28. The minimum Gasteiger partial charge on any atom is -0.300 e. The van der Waals surface area contributed by atoms with E-state index in [0.717, 1.165) is 22.1 Å². The molecule has 0 aliphatic heterocycles. The van der Waals surface area contributed by atoms with Crippen molar-refractivity contribution in [2.45, 2.75) is 31.8 Å². The summed E-state index contributed by atoms with van der Waals surface area (Å²) in [6, 6.07) is 18.1. The number of para-hydroxylation sites is 1. The Balaban J connectivity index is 1.55. The largest absolute Gasteiger partial charge is 0.300 e. The highest BCUT2D eigenvalue weighted by atomic mass is 32.2. The Morgan fingerprint density at radius 1 is 1.03 bits per heavy atom. The van der Waals surface area contributed by atoms with Crippen LogP contribution < -0.4 is 5.32 Å². The Hall–Kier alpha value is -3.04. The van der Waals surface area contributed by atoms with Crippen LogP contribution in [0.5, 0.6) is 0 Å². The Morgan fingerprint density at radius 2 is 1.77 bits per heavy atom. The van der Waals surface area contributed by atoms with Crippen LogP contribution >= 0.6 is 23.1 Å². The fourth-order valence-electron chi connectivity index (χ4n) is 2.87. The van der Waals surface area contributed by atoms with Gasteiger partial charge in [0.25, 0.3) is 0 Å². The number of aryl methyl sites for hydroxylation is 1. The van der Waals surface area contributed by atoms with Crippen molar-refractivity contribution < 1.29 is 4.79 Å². The monoisotopic (exact) mass is 450 g/mol. The van der Waals surface area contributed by atoms with Gasteiger partial charge in [0.05, 0.1) is 5.75 Å². The molecule has 4 rings (SSSR count). The van der Waals surface area contributed by atoms with Crippen LogP contribution in [0.3, 0.4) is 0 Å². The van der Waals surface area contributed by atoms with Crippen molar-refractivity contribution in [2.24, 2.45) is 0 Å². The smallest absolute Gasteiger partial charge is 0.236 e. The summed E-state index contributed by atoms with van der Waals surface area (Å²) in [5, 5.41) is 21.8. The molecule has 0 bridgehead atoms. The number of carbonyl (C=O) groups is 1. The third-order valence-electron chi connectivity index (χ3n) is 4.47. The molecule has 2 aromatic heterocycles. The fraction of sp³-hybridized carbons (Fsp3) is 0.227. The third-order valence-corrected chi connectivity index (χ3v) is 6.54. The third kappa shape index (κ3) is 5.00. The van der Waals surface area contributed by atoms with Gasteiger partial charge in [0.2, 0.25) is 11.0 Å². The minimum atomic E-state index is -0.157. The van der Waals surface area contributed by atoms with E-state index >= 15 is 0 Å². The summed E-state index contributed by atoms with van der Waals surface area (Å²) < 4.78 is 1.98. The molecule has 2 aromatic carbocycles. The van der Waals surface area contributed by atoms with Gasteiger partial charge in [-0.2, -0.15) is 0 Å². The van der Waals surface area contributed by atoms with Crippen molar-refractivity contribution in [3.05, 3.63) is 65.2 Å². The van der Waals surface area contributed by atoms with E-state index < -0.39 is 0 Å². The highest BCUT2D eigenvalue weighted by Gasteiger charge is 2.18. The van der Waals surface area contributed by atoms with Gasteiger partial charge in [0, 0.05) is 17.2 Å². The molecule has 0 unspecified atom stereocenters. The molecule has 2 heterocycles. The number of aromatic nitrogens is 5. The van der Waals surface area contributed by atoms with Crippen LogP contribution in [0.25, 0.3) is 17.1 Å². The molecule has 0 spiro atoms. The van der Waals surface area contributed by atoms with Crippen molar-refractivity contribution in [2.75, 3.05) is 11.1 Å². The van der Waals surface area contributed by atoms with Gasteiger partial charge < -0.3 is 0 Å². The average Bonchev–Trinajstić information content (AvgIpc) is 3.41. The Labute approximate surface area is 189 Å². The van der Waals surface area contributed by atoms with Crippen molar-refractivity contribution in [3.8, 4) is 17.1 Å². The summed E-state index contributed by atoms with van der Waals surface area (Å²) in [6.45, 7) is 6.14. The Morgan fingerprint density at radius 3 is 2.45 bits per heavy atom. The number of carbonyl (C=O) groups excluding carboxylic acids is 1. The van der Waals surface area contributed by atoms with E-state index in [1.54, 1.807) is 0 Å². The molecule has 0 atom stereocenters. The lowest BCUT2D eigenvalue weighted by Crippen LogP contribution is -2.14. The fourth-order valence-corrected chi connectivity index (χ4v) is 4.38. The molecule has 0 aliphatic rings. The molecule has 7 nitrogen and oxygen atoms in total. The van der Waals surface area contributed by atoms with Crippen LogP contribution in [0.15, 0.2) is 59.8 Å². The maximum absolute atomic E-state index is 12.5. The van der Waals surface area contributed by atoms with Gasteiger partial charge in [-0.3, -0.25) is 14.7 Å². The van der Waals surface area contributed by atoms with Crippen LogP contribution in [0.1, 0.15) is 30.3 Å². The molecular weight excluding hydrogens is 428 g/mol. The van der Waals surface area contributed by atoms with Gasteiger partial charge in [-0.25, -0.2) is 0 Å². The predicted molar refractivity (Wildman–Crippen MR) is 125 cm³/mol. The van der Waals surface area contributed by atoms with Gasteiger partial charge in [0.15, 0.2) is 11.0 Å². The van der Waals surface area contributed by atoms with Crippen molar-refractivity contribution in [1.82, 2.24) is 25.0 Å². The number of nitrogens with zero attached hydrogens (tertiary/aromatic N) is 5. The zero-order chi connectivity index (χ0) is 21.8. The summed E-state index contributed by atoms with van der Waals surface area (Å²) >= 11 is 2.73. The molecule has 1 N–H and O–H groups in total. The standard InChI is InChI=1S/C22H22N6OS2/c1-14(2)20-25-26-21(31-20)23-18(29)13-30-22-27-24-19(16-11-9-15(3)10-12-16)28(22)17-7-5-4-6-8-17/h4-12,14H,13H2,1-3H3,(H,23,26,29). The number of thioether (sulfide) groups is 1. The van der Waals surface area contributed by atoms with E-state index in [1.807, 2.05) is 79.9 Å². The lowest BCUT2D eigenvalue weighted by molar-refractivity contribution is -0.113. The molecule has 4 aromatic rings. The zero-order valence-corrected chi connectivity index (χ0v) is 19.1. The molecule has 0 fully saturated rings. The number of anilines is 1. The van der Waals surface area contributed by atoms with Crippen LogP contribution in [-0.2, 0) is 4.79 Å². The maximum Gasteiger partial charge on any atom is 0.236 e. The van der Waals surface area contributed by atoms with Crippen molar-refractivity contribution in [1.29, 1.82) is 0 Å². The zero-order valence-electron chi connectivity index (χ0n) is 17.4. The number of nitrogens with one attached hydrogen (secondary N) is 1. The minimum absolute atomic E-state index is 0.157. The second-order valence-electron chi connectivity index (χ2n) is 7.28. The number of rotatable bonds is 7. The average molecular weight is 451 g/mol. The first kappa shape index (κ1) is 21.2. The van der Waals surface area contributed by atoms with E-state index in [4.69, 9.17) is 0 Å². The number of hydrogen-bond acceptors (Lipinski definition) is 7. The Kier molecular flexibility index (Phi) is 6.43. The molecule has 0 saturated carbocycles. The van der Waals surface area contributed by atoms with Gasteiger partial charge in [-0.15, -0.1) is 20.4 Å². The van der Waals surface area contributed by atoms with E-state index in [2.05, 4.69) is 25.7 Å². The van der Waals surface area contributed by atoms with Gasteiger partial charge >= 0.3 is 0 Å². The quantitative estimate of drug-likeness (QED) is 0.401. The highest BCUT2D eigenvalue weighted by molar-refractivity contribution is 7.99.